The standard InChI is InChI=1S/C20H32N2O2/c1-15-17(8-5-9-18(15)21-14-20(2,3)4)19(24)22-11-6-7-16(13-22)10-12-23/h5,8-9,16,21,23H,6-7,10-14H2,1-4H3/t16-/m1/s1. The van der Waals surface area contributed by atoms with Crippen LogP contribution in [-0.4, -0.2) is 42.2 Å². The maximum absolute atomic E-state index is 13.0. The van der Waals surface area contributed by atoms with Crippen LogP contribution in [0.2, 0.25) is 0 Å². The third kappa shape index (κ3) is 4.97. The van der Waals surface area contributed by atoms with Crippen molar-refractivity contribution in [3.05, 3.63) is 29.3 Å². The van der Waals surface area contributed by atoms with E-state index in [2.05, 4.69) is 26.1 Å². The van der Waals surface area contributed by atoms with Gasteiger partial charge < -0.3 is 15.3 Å². The molecular formula is C20H32N2O2. The van der Waals surface area contributed by atoms with Crippen LogP contribution in [0.15, 0.2) is 18.2 Å². The van der Waals surface area contributed by atoms with Crippen molar-refractivity contribution in [1.29, 1.82) is 0 Å². The Balaban J connectivity index is 2.11. The molecule has 1 heterocycles. The van der Waals surface area contributed by atoms with E-state index >= 15 is 0 Å². The molecule has 0 radical (unpaired) electrons. The SMILES string of the molecule is Cc1c(NCC(C)(C)C)cccc1C(=O)N1CCC[C@H](CCO)C1. The van der Waals surface area contributed by atoms with Gasteiger partial charge in [0.2, 0.25) is 0 Å². The fraction of sp³-hybridized carbons (Fsp3) is 0.650. The van der Waals surface area contributed by atoms with Crippen molar-refractivity contribution in [2.75, 3.05) is 31.6 Å². The van der Waals surface area contributed by atoms with Crippen molar-refractivity contribution < 1.29 is 9.90 Å². The van der Waals surface area contributed by atoms with Gasteiger partial charge in [0.05, 0.1) is 0 Å². The summed E-state index contributed by atoms with van der Waals surface area (Å²) in [6, 6.07) is 5.93. The minimum Gasteiger partial charge on any atom is -0.396 e. The van der Waals surface area contributed by atoms with Gasteiger partial charge in [-0.3, -0.25) is 4.79 Å². The Labute approximate surface area is 146 Å². The summed E-state index contributed by atoms with van der Waals surface area (Å²) in [5.74, 6) is 0.546. The molecule has 4 heteroatoms. The second-order valence-corrected chi connectivity index (χ2v) is 8.16. The number of carbonyl (C=O) groups is 1. The van der Waals surface area contributed by atoms with Crippen LogP contribution < -0.4 is 5.32 Å². The lowest BCUT2D eigenvalue weighted by molar-refractivity contribution is 0.0653. The second kappa shape index (κ2) is 8.02. The largest absolute Gasteiger partial charge is 0.396 e. The van der Waals surface area contributed by atoms with Gasteiger partial charge in [-0.1, -0.05) is 26.8 Å². The summed E-state index contributed by atoms with van der Waals surface area (Å²) in [6.07, 6.45) is 2.92. The number of benzene rings is 1. The summed E-state index contributed by atoms with van der Waals surface area (Å²) < 4.78 is 0. The smallest absolute Gasteiger partial charge is 0.254 e. The van der Waals surface area contributed by atoms with E-state index in [-0.39, 0.29) is 17.9 Å². The Kier molecular flexibility index (Phi) is 6.27. The summed E-state index contributed by atoms with van der Waals surface area (Å²) in [5.41, 5.74) is 3.05. The zero-order valence-corrected chi connectivity index (χ0v) is 15.6. The fourth-order valence-electron chi connectivity index (χ4n) is 3.26. The maximum atomic E-state index is 13.0. The van der Waals surface area contributed by atoms with E-state index in [0.29, 0.717) is 5.92 Å². The molecule has 1 fully saturated rings. The molecule has 1 aromatic carbocycles. The van der Waals surface area contributed by atoms with Crippen LogP contribution in [0.4, 0.5) is 5.69 Å². The highest BCUT2D eigenvalue weighted by Gasteiger charge is 2.25. The number of aliphatic hydroxyl groups is 1. The van der Waals surface area contributed by atoms with E-state index in [1.807, 2.05) is 30.0 Å². The third-order valence-electron chi connectivity index (χ3n) is 4.72. The molecule has 1 atom stereocenters. The zero-order valence-electron chi connectivity index (χ0n) is 15.6. The molecule has 0 saturated carbocycles. The molecule has 24 heavy (non-hydrogen) atoms. The monoisotopic (exact) mass is 332 g/mol. The molecule has 1 aliphatic heterocycles. The molecule has 0 aliphatic carbocycles. The Morgan fingerprint density at radius 3 is 2.79 bits per heavy atom. The summed E-state index contributed by atoms with van der Waals surface area (Å²) in [6.45, 7) is 11.3. The summed E-state index contributed by atoms with van der Waals surface area (Å²) in [7, 11) is 0. The van der Waals surface area contributed by atoms with Gasteiger partial charge in [0.1, 0.15) is 0 Å². The Hall–Kier alpha value is -1.55. The van der Waals surface area contributed by atoms with Gasteiger partial charge in [0.25, 0.3) is 5.91 Å². The van der Waals surface area contributed by atoms with E-state index in [1.165, 1.54) is 0 Å². The van der Waals surface area contributed by atoms with Crippen LogP contribution in [0.25, 0.3) is 0 Å². The number of amides is 1. The second-order valence-electron chi connectivity index (χ2n) is 8.16. The maximum Gasteiger partial charge on any atom is 0.254 e. The normalized spacial score (nSPS) is 18.5. The Morgan fingerprint density at radius 1 is 1.38 bits per heavy atom. The van der Waals surface area contributed by atoms with Crippen molar-refractivity contribution in [2.24, 2.45) is 11.3 Å². The first-order chi connectivity index (χ1) is 11.3. The number of rotatable bonds is 5. The van der Waals surface area contributed by atoms with Crippen molar-refractivity contribution in [3.63, 3.8) is 0 Å². The van der Waals surface area contributed by atoms with E-state index in [0.717, 1.165) is 55.7 Å². The number of anilines is 1. The molecule has 2 N–H and O–H groups in total. The Bertz CT molecular complexity index is 561. The minimum atomic E-state index is 0.120. The molecule has 0 unspecified atom stereocenters. The number of nitrogens with zero attached hydrogens (tertiary/aromatic N) is 1. The van der Waals surface area contributed by atoms with Crippen molar-refractivity contribution in [3.8, 4) is 0 Å². The number of piperidine rings is 1. The first-order valence-electron chi connectivity index (χ1n) is 9.05. The molecule has 134 valence electrons. The van der Waals surface area contributed by atoms with Crippen LogP contribution in [0.5, 0.6) is 0 Å². The summed E-state index contributed by atoms with van der Waals surface area (Å²) in [4.78, 5) is 14.9. The molecule has 1 amide bonds. The number of likely N-dealkylation sites (tertiary alicyclic amines) is 1. The zero-order chi connectivity index (χ0) is 17.7. The van der Waals surface area contributed by atoms with Gasteiger partial charge >= 0.3 is 0 Å². The highest BCUT2D eigenvalue weighted by atomic mass is 16.3. The van der Waals surface area contributed by atoms with Crippen molar-refractivity contribution >= 4 is 11.6 Å². The van der Waals surface area contributed by atoms with Crippen LogP contribution >= 0.6 is 0 Å². The van der Waals surface area contributed by atoms with Gasteiger partial charge in [-0.2, -0.15) is 0 Å². The molecular weight excluding hydrogens is 300 g/mol. The lowest BCUT2D eigenvalue weighted by atomic mass is 9.94. The summed E-state index contributed by atoms with van der Waals surface area (Å²) in [5, 5.41) is 12.6. The number of hydrogen-bond acceptors (Lipinski definition) is 3. The van der Waals surface area contributed by atoms with Crippen LogP contribution in [0, 0.1) is 18.3 Å². The molecule has 0 aromatic heterocycles. The van der Waals surface area contributed by atoms with Crippen LogP contribution in [-0.2, 0) is 0 Å². The number of nitrogens with one attached hydrogen (secondary N) is 1. The molecule has 1 aromatic rings. The molecule has 1 saturated heterocycles. The summed E-state index contributed by atoms with van der Waals surface area (Å²) >= 11 is 0. The molecule has 4 nitrogen and oxygen atoms in total. The molecule has 0 spiro atoms. The fourth-order valence-corrected chi connectivity index (χ4v) is 3.26. The highest BCUT2D eigenvalue weighted by molar-refractivity contribution is 5.97. The average molecular weight is 332 g/mol. The predicted molar refractivity (Wildman–Crippen MR) is 99.5 cm³/mol. The van der Waals surface area contributed by atoms with Gasteiger partial charge in [-0.15, -0.1) is 0 Å². The van der Waals surface area contributed by atoms with E-state index < -0.39 is 0 Å². The van der Waals surface area contributed by atoms with Gasteiger partial charge in [0.15, 0.2) is 0 Å². The van der Waals surface area contributed by atoms with Crippen molar-refractivity contribution in [1.82, 2.24) is 4.90 Å². The average Bonchev–Trinajstić information content (AvgIpc) is 2.53. The number of aliphatic hydroxyl groups excluding tert-OH is 1. The molecule has 0 bridgehead atoms. The lowest BCUT2D eigenvalue weighted by Gasteiger charge is -2.33. The molecule has 2 rings (SSSR count). The first kappa shape index (κ1) is 18.8. The van der Waals surface area contributed by atoms with Gasteiger partial charge in [-0.25, -0.2) is 0 Å². The number of carbonyl (C=O) groups excluding carboxylic acids is 1. The van der Waals surface area contributed by atoms with E-state index in [1.54, 1.807) is 0 Å². The minimum absolute atomic E-state index is 0.120. The predicted octanol–water partition coefficient (Wildman–Crippen LogP) is 3.69. The molecule has 1 aliphatic rings. The van der Waals surface area contributed by atoms with Gasteiger partial charge in [0, 0.05) is 37.5 Å². The topological polar surface area (TPSA) is 52.6 Å². The van der Waals surface area contributed by atoms with Crippen molar-refractivity contribution in [2.45, 2.75) is 47.0 Å². The quantitative estimate of drug-likeness (QED) is 0.865. The van der Waals surface area contributed by atoms with Gasteiger partial charge in [-0.05, 0) is 55.2 Å². The van der Waals surface area contributed by atoms with Crippen LogP contribution in [0.3, 0.4) is 0 Å². The first-order valence-corrected chi connectivity index (χ1v) is 9.05. The Morgan fingerprint density at radius 2 is 2.12 bits per heavy atom. The van der Waals surface area contributed by atoms with E-state index in [4.69, 9.17) is 5.11 Å². The third-order valence-corrected chi connectivity index (χ3v) is 4.72. The lowest BCUT2D eigenvalue weighted by Crippen LogP contribution is -2.40. The van der Waals surface area contributed by atoms with Crippen LogP contribution in [0.1, 0.15) is 56.0 Å². The van der Waals surface area contributed by atoms with E-state index in [9.17, 15) is 4.79 Å². The number of hydrogen-bond donors (Lipinski definition) is 2. The highest BCUT2D eigenvalue weighted by Crippen LogP contribution is 2.25.